The molecule has 0 saturated heterocycles. The van der Waals surface area contributed by atoms with E-state index < -0.39 is 0 Å². The second kappa shape index (κ2) is 4.47. The molecular formula is C5H11OS. The maximum absolute atomic E-state index is 4.91. The molecule has 0 bridgehead atoms. The zero-order chi connectivity index (χ0) is 5.70. The summed E-state index contributed by atoms with van der Waals surface area (Å²) in [5, 5.41) is 0. The Morgan fingerprint density at radius 2 is 2.14 bits per heavy atom. The van der Waals surface area contributed by atoms with Crippen LogP contribution in [0.3, 0.4) is 0 Å². The van der Waals surface area contributed by atoms with E-state index >= 15 is 0 Å². The van der Waals surface area contributed by atoms with Crippen molar-refractivity contribution in [2.24, 2.45) is 5.92 Å². The van der Waals surface area contributed by atoms with Gasteiger partial charge >= 0.3 is 0 Å². The highest BCUT2D eigenvalue weighted by molar-refractivity contribution is 7.80. The van der Waals surface area contributed by atoms with Crippen molar-refractivity contribution in [1.29, 1.82) is 0 Å². The van der Waals surface area contributed by atoms with Crippen molar-refractivity contribution >= 4 is 12.6 Å². The van der Waals surface area contributed by atoms with Gasteiger partial charge in [0.25, 0.3) is 0 Å². The standard InChI is InChI=1S/C5H11OS/c1-5(2)3-6-4-7/h5H,3-4H2,1-2H3. The van der Waals surface area contributed by atoms with Gasteiger partial charge in [-0.2, -0.15) is 0 Å². The van der Waals surface area contributed by atoms with Crippen LogP contribution in [0.25, 0.3) is 0 Å². The Hall–Kier alpha value is 0.310. The number of hydrogen-bond donors (Lipinski definition) is 0. The lowest BCUT2D eigenvalue weighted by atomic mass is 10.2. The topological polar surface area (TPSA) is 9.23 Å². The third-order valence-electron chi connectivity index (χ3n) is 0.535. The van der Waals surface area contributed by atoms with Crippen LogP contribution in [-0.4, -0.2) is 12.5 Å². The first-order valence-electron chi connectivity index (χ1n) is 2.43. The van der Waals surface area contributed by atoms with Crippen LogP contribution in [0, 0.1) is 5.92 Å². The first kappa shape index (κ1) is 7.31. The third-order valence-corrected chi connectivity index (χ3v) is 0.701. The molecule has 0 N–H and O–H groups in total. The zero-order valence-corrected chi connectivity index (χ0v) is 5.62. The highest BCUT2D eigenvalue weighted by atomic mass is 32.1. The molecule has 7 heavy (non-hydrogen) atoms. The molecular weight excluding hydrogens is 108 g/mol. The minimum atomic E-state index is 0.429. The van der Waals surface area contributed by atoms with Crippen LogP contribution in [0.1, 0.15) is 13.8 Å². The summed E-state index contributed by atoms with van der Waals surface area (Å²) >= 11 is 4.55. The van der Waals surface area contributed by atoms with Gasteiger partial charge in [-0.15, -0.1) is 0 Å². The van der Waals surface area contributed by atoms with Gasteiger partial charge in [0, 0.05) is 0 Å². The van der Waals surface area contributed by atoms with E-state index in [-0.39, 0.29) is 0 Å². The van der Waals surface area contributed by atoms with Crippen LogP contribution >= 0.6 is 12.6 Å². The van der Waals surface area contributed by atoms with Crippen LogP contribution in [0.2, 0.25) is 0 Å². The van der Waals surface area contributed by atoms with Gasteiger partial charge in [0.2, 0.25) is 0 Å². The molecule has 0 rings (SSSR count). The molecule has 0 aromatic rings. The van der Waals surface area contributed by atoms with Crippen molar-refractivity contribution in [2.45, 2.75) is 13.8 Å². The zero-order valence-electron chi connectivity index (χ0n) is 4.81. The summed E-state index contributed by atoms with van der Waals surface area (Å²) in [5.74, 6) is 1.04. The smallest absolute Gasteiger partial charge is 0.102 e. The second-order valence-electron chi connectivity index (χ2n) is 1.88. The summed E-state index contributed by atoms with van der Waals surface area (Å²) in [6.45, 7) is 5.00. The van der Waals surface area contributed by atoms with Crippen molar-refractivity contribution in [3.8, 4) is 0 Å². The van der Waals surface area contributed by atoms with Gasteiger partial charge in [-0.25, -0.2) is 0 Å². The Labute approximate surface area is 50.5 Å². The summed E-state index contributed by atoms with van der Waals surface area (Å²) in [4.78, 5) is 0. The highest BCUT2D eigenvalue weighted by Crippen LogP contribution is 1.91. The molecule has 0 fully saturated rings. The summed E-state index contributed by atoms with van der Waals surface area (Å²) < 4.78 is 4.91. The minimum Gasteiger partial charge on any atom is -0.370 e. The summed E-state index contributed by atoms with van der Waals surface area (Å²) in [6, 6.07) is 0. The molecule has 0 atom stereocenters. The summed E-state index contributed by atoms with van der Waals surface area (Å²) in [5.41, 5.74) is 0. The Morgan fingerprint density at radius 1 is 1.57 bits per heavy atom. The quantitative estimate of drug-likeness (QED) is 0.550. The molecule has 1 radical (unpaired) electrons. The van der Waals surface area contributed by atoms with E-state index in [0.29, 0.717) is 11.9 Å². The Balaban J connectivity index is 2.68. The van der Waals surface area contributed by atoms with Gasteiger partial charge in [0.05, 0.1) is 6.61 Å². The molecule has 2 heteroatoms. The highest BCUT2D eigenvalue weighted by Gasteiger charge is 1.88. The SMILES string of the molecule is CC(C)COC[S]. The van der Waals surface area contributed by atoms with Gasteiger partial charge in [-0.05, 0) is 5.92 Å². The summed E-state index contributed by atoms with van der Waals surface area (Å²) in [7, 11) is 0. The largest absolute Gasteiger partial charge is 0.370 e. The molecule has 0 saturated carbocycles. The second-order valence-corrected chi connectivity index (χ2v) is 2.12. The molecule has 0 aliphatic carbocycles. The van der Waals surface area contributed by atoms with Crippen LogP contribution in [0.4, 0.5) is 0 Å². The predicted molar refractivity (Wildman–Crippen MR) is 33.2 cm³/mol. The third kappa shape index (κ3) is 6.31. The van der Waals surface area contributed by atoms with Crippen LogP contribution in [0.15, 0.2) is 0 Å². The van der Waals surface area contributed by atoms with Gasteiger partial charge in [-0.1, -0.05) is 26.5 Å². The molecule has 0 spiro atoms. The molecule has 43 valence electrons. The Morgan fingerprint density at radius 3 is 2.29 bits per heavy atom. The number of rotatable bonds is 3. The Kier molecular flexibility index (Phi) is 4.67. The van der Waals surface area contributed by atoms with E-state index in [1.165, 1.54) is 0 Å². The van der Waals surface area contributed by atoms with E-state index in [2.05, 4.69) is 26.5 Å². The number of ether oxygens (including phenoxy) is 1. The van der Waals surface area contributed by atoms with Crippen molar-refractivity contribution in [1.82, 2.24) is 0 Å². The fraction of sp³-hybridized carbons (Fsp3) is 1.00. The van der Waals surface area contributed by atoms with E-state index in [4.69, 9.17) is 4.74 Å². The molecule has 0 aliphatic rings. The summed E-state index contributed by atoms with van der Waals surface area (Å²) in [6.07, 6.45) is 0. The molecule has 0 aromatic heterocycles. The minimum absolute atomic E-state index is 0.429. The van der Waals surface area contributed by atoms with E-state index in [1.54, 1.807) is 0 Å². The normalized spacial score (nSPS) is 10.3. The van der Waals surface area contributed by atoms with E-state index in [0.717, 1.165) is 6.61 Å². The first-order chi connectivity index (χ1) is 3.27. The molecule has 0 heterocycles. The predicted octanol–water partition coefficient (Wildman–Crippen LogP) is 1.81. The van der Waals surface area contributed by atoms with Gasteiger partial charge < -0.3 is 4.74 Å². The van der Waals surface area contributed by atoms with E-state index in [9.17, 15) is 0 Å². The van der Waals surface area contributed by atoms with Crippen LogP contribution in [0.5, 0.6) is 0 Å². The lowest BCUT2D eigenvalue weighted by molar-refractivity contribution is 0.154. The first-order valence-corrected chi connectivity index (χ1v) is 3.01. The molecule has 1 nitrogen and oxygen atoms in total. The van der Waals surface area contributed by atoms with Crippen molar-refractivity contribution in [2.75, 3.05) is 12.5 Å². The van der Waals surface area contributed by atoms with E-state index in [1.807, 2.05) is 0 Å². The van der Waals surface area contributed by atoms with Crippen molar-refractivity contribution in [3.63, 3.8) is 0 Å². The lowest BCUT2D eigenvalue weighted by Gasteiger charge is -2.00. The fourth-order valence-corrected chi connectivity index (χ4v) is 0.380. The molecule has 0 aromatic carbocycles. The van der Waals surface area contributed by atoms with Crippen molar-refractivity contribution in [3.05, 3.63) is 0 Å². The molecule has 0 unspecified atom stereocenters. The van der Waals surface area contributed by atoms with Crippen molar-refractivity contribution < 1.29 is 4.74 Å². The van der Waals surface area contributed by atoms with Gasteiger partial charge in [-0.3, -0.25) is 0 Å². The van der Waals surface area contributed by atoms with Gasteiger partial charge in [0.15, 0.2) is 0 Å². The van der Waals surface area contributed by atoms with Crippen LogP contribution in [-0.2, 0) is 4.74 Å². The molecule has 0 aliphatic heterocycles. The average molecular weight is 119 g/mol. The maximum atomic E-state index is 4.91. The lowest BCUT2D eigenvalue weighted by Crippen LogP contribution is -1.99. The number of hydrogen-bond acceptors (Lipinski definition) is 1. The van der Waals surface area contributed by atoms with Gasteiger partial charge in [0.1, 0.15) is 5.94 Å². The molecule has 0 amide bonds. The average Bonchev–Trinajstić information content (AvgIpc) is 1.61. The fourth-order valence-electron chi connectivity index (χ4n) is 0.284. The Bertz CT molecular complexity index is 37.1. The monoisotopic (exact) mass is 119 g/mol. The maximum Gasteiger partial charge on any atom is 0.102 e. The van der Waals surface area contributed by atoms with Crippen LogP contribution < -0.4 is 0 Å².